The van der Waals surface area contributed by atoms with Gasteiger partial charge in [-0.2, -0.15) is 5.10 Å². The highest BCUT2D eigenvalue weighted by Crippen LogP contribution is 2.14. The molecular weight excluding hydrogens is 328 g/mol. The molecule has 6 heteroatoms. The third-order valence-corrected chi connectivity index (χ3v) is 4.48. The molecule has 130 valence electrons. The number of hydrazone groups is 1. The number of aryl methyl sites for hydroxylation is 1. The molecule has 0 aliphatic carbocycles. The first kappa shape index (κ1) is 16.2. The van der Waals surface area contributed by atoms with E-state index in [0.717, 1.165) is 16.8 Å². The number of aromatic nitrogens is 2. The van der Waals surface area contributed by atoms with Crippen LogP contribution < -0.4 is 5.56 Å². The molecule has 1 aromatic heterocycles. The van der Waals surface area contributed by atoms with E-state index >= 15 is 0 Å². The van der Waals surface area contributed by atoms with Crippen molar-refractivity contribution in [3.63, 3.8) is 0 Å². The van der Waals surface area contributed by atoms with Crippen molar-refractivity contribution in [3.8, 4) is 0 Å². The Kier molecular flexibility index (Phi) is 4.08. The first-order chi connectivity index (χ1) is 12.6. The van der Waals surface area contributed by atoms with Gasteiger partial charge in [-0.25, -0.2) is 9.99 Å². The Morgan fingerprint density at radius 1 is 1.15 bits per heavy atom. The summed E-state index contributed by atoms with van der Waals surface area (Å²) in [5.41, 5.74) is 3.31. The van der Waals surface area contributed by atoms with Crippen molar-refractivity contribution in [1.82, 2.24) is 14.6 Å². The molecule has 0 spiro atoms. The van der Waals surface area contributed by atoms with Gasteiger partial charge in [-0.1, -0.05) is 42.0 Å². The number of fused-ring (bicyclic) bond motifs is 1. The minimum atomic E-state index is -0.216. The van der Waals surface area contributed by atoms with Gasteiger partial charge in [0.25, 0.3) is 11.5 Å². The van der Waals surface area contributed by atoms with Crippen LogP contribution in [0, 0.1) is 6.92 Å². The average molecular weight is 346 g/mol. The Bertz CT molecular complexity index is 1070. The molecule has 0 bridgehead atoms. The molecule has 0 unspecified atom stereocenters. The van der Waals surface area contributed by atoms with E-state index in [0.29, 0.717) is 23.9 Å². The monoisotopic (exact) mass is 346 g/mol. The molecule has 6 nitrogen and oxygen atoms in total. The van der Waals surface area contributed by atoms with Crippen LogP contribution in [-0.2, 0) is 11.3 Å². The third kappa shape index (κ3) is 3.01. The molecule has 0 saturated carbocycles. The summed E-state index contributed by atoms with van der Waals surface area (Å²) >= 11 is 0. The minimum Gasteiger partial charge on any atom is -0.289 e. The summed E-state index contributed by atoms with van der Waals surface area (Å²) in [6.07, 6.45) is 2.13. The van der Waals surface area contributed by atoms with E-state index in [1.807, 2.05) is 49.4 Å². The van der Waals surface area contributed by atoms with Crippen LogP contribution in [0.1, 0.15) is 17.5 Å². The van der Waals surface area contributed by atoms with Gasteiger partial charge in [-0.05, 0) is 24.6 Å². The largest absolute Gasteiger partial charge is 0.289 e. The van der Waals surface area contributed by atoms with Crippen molar-refractivity contribution in [2.45, 2.75) is 19.9 Å². The number of benzene rings is 2. The summed E-state index contributed by atoms with van der Waals surface area (Å²) in [4.78, 5) is 29.5. The number of amides is 1. The Balaban J connectivity index is 1.57. The molecule has 2 heterocycles. The lowest BCUT2D eigenvalue weighted by Crippen LogP contribution is -2.32. The Morgan fingerprint density at radius 2 is 1.96 bits per heavy atom. The molecular formula is C20H18N4O2. The van der Waals surface area contributed by atoms with Crippen LogP contribution in [0.15, 0.2) is 64.8 Å². The van der Waals surface area contributed by atoms with E-state index in [9.17, 15) is 9.59 Å². The summed E-state index contributed by atoms with van der Waals surface area (Å²) in [6.45, 7) is 2.38. The number of nitrogens with zero attached hydrogens (tertiary/aromatic N) is 4. The Hall–Kier alpha value is -3.28. The molecule has 0 N–H and O–H groups in total. The van der Waals surface area contributed by atoms with E-state index in [1.165, 1.54) is 15.9 Å². The van der Waals surface area contributed by atoms with Crippen LogP contribution >= 0.6 is 0 Å². The van der Waals surface area contributed by atoms with Gasteiger partial charge in [0.15, 0.2) is 0 Å². The maximum atomic E-state index is 12.6. The van der Waals surface area contributed by atoms with E-state index in [2.05, 4.69) is 10.1 Å². The fourth-order valence-corrected chi connectivity index (χ4v) is 3.08. The van der Waals surface area contributed by atoms with Gasteiger partial charge < -0.3 is 0 Å². The molecule has 4 rings (SSSR count). The average Bonchev–Trinajstić information content (AvgIpc) is 3.15. The standard InChI is InChI=1S/C20H18N4O2/c1-14-7-8-18-16(11-14)20(26)23(13-21-18)12-19(25)24-10-9-17(22-24)15-5-3-2-4-6-15/h2-8,11,13H,9-10,12H2,1H3. The minimum absolute atomic E-state index is 0.0682. The van der Waals surface area contributed by atoms with Gasteiger partial charge in [-0.15, -0.1) is 0 Å². The molecule has 26 heavy (non-hydrogen) atoms. The Morgan fingerprint density at radius 3 is 2.77 bits per heavy atom. The van der Waals surface area contributed by atoms with Crippen molar-refractivity contribution < 1.29 is 4.79 Å². The first-order valence-electron chi connectivity index (χ1n) is 8.51. The van der Waals surface area contributed by atoms with Gasteiger partial charge in [0, 0.05) is 6.42 Å². The van der Waals surface area contributed by atoms with E-state index in [-0.39, 0.29) is 18.0 Å². The maximum absolute atomic E-state index is 12.6. The summed E-state index contributed by atoms with van der Waals surface area (Å²) in [5, 5.41) is 6.39. The summed E-state index contributed by atoms with van der Waals surface area (Å²) in [5.74, 6) is -0.216. The van der Waals surface area contributed by atoms with Gasteiger partial charge >= 0.3 is 0 Å². The zero-order valence-electron chi connectivity index (χ0n) is 14.4. The van der Waals surface area contributed by atoms with Crippen LogP contribution in [-0.4, -0.2) is 32.7 Å². The summed E-state index contributed by atoms with van der Waals surface area (Å²) in [6, 6.07) is 15.3. The van der Waals surface area contributed by atoms with Gasteiger partial charge in [0.05, 0.1) is 29.5 Å². The maximum Gasteiger partial charge on any atom is 0.262 e. The van der Waals surface area contributed by atoms with Gasteiger partial charge in [0.2, 0.25) is 0 Å². The van der Waals surface area contributed by atoms with Crippen molar-refractivity contribution in [2.75, 3.05) is 6.54 Å². The lowest BCUT2D eigenvalue weighted by atomic mass is 10.1. The highest BCUT2D eigenvalue weighted by atomic mass is 16.2. The summed E-state index contributed by atoms with van der Waals surface area (Å²) < 4.78 is 1.35. The number of carbonyl (C=O) groups excluding carboxylic acids is 1. The molecule has 2 aromatic carbocycles. The fourth-order valence-electron chi connectivity index (χ4n) is 3.08. The molecule has 1 aliphatic heterocycles. The lowest BCUT2D eigenvalue weighted by Gasteiger charge is -2.12. The van der Waals surface area contributed by atoms with Crippen LogP contribution in [0.5, 0.6) is 0 Å². The zero-order valence-corrected chi connectivity index (χ0v) is 14.4. The molecule has 3 aromatic rings. The van der Waals surface area contributed by atoms with E-state index in [4.69, 9.17) is 0 Å². The van der Waals surface area contributed by atoms with Crippen LogP contribution in [0.4, 0.5) is 0 Å². The smallest absolute Gasteiger partial charge is 0.262 e. The molecule has 1 amide bonds. The van der Waals surface area contributed by atoms with Crippen molar-refractivity contribution in [1.29, 1.82) is 0 Å². The van der Waals surface area contributed by atoms with E-state index in [1.54, 1.807) is 6.07 Å². The molecule has 0 atom stereocenters. The number of rotatable bonds is 3. The first-order valence-corrected chi connectivity index (χ1v) is 8.51. The number of carbonyl (C=O) groups is 1. The highest BCUT2D eigenvalue weighted by Gasteiger charge is 2.22. The fraction of sp³-hybridized carbons (Fsp3) is 0.200. The number of hydrogen-bond donors (Lipinski definition) is 0. The molecule has 0 fully saturated rings. The third-order valence-electron chi connectivity index (χ3n) is 4.48. The van der Waals surface area contributed by atoms with Crippen molar-refractivity contribution in [3.05, 3.63) is 76.3 Å². The van der Waals surface area contributed by atoms with Crippen LogP contribution in [0.3, 0.4) is 0 Å². The zero-order chi connectivity index (χ0) is 18.1. The van der Waals surface area contributed by atoms with E-state index < -0.39 is 0 Å². The SMILES string of the molecule is Cc1ccc2ncn(CC(=O)N3CCC(c4ccccc4)=N3)c(=O)c2c1. The highest BCUT2D eigenvalue weighted by molar-refractivity contribution is 6.02. The predicted octanol–water partition coefficient (Wildman–Crippen LogP) is 2.34. The topological polar surface area (TPSA) is 67.6 Å². The second-order valence-electron chi connectivity index (χ2n) is 6.38. The second-order valence-corrected chi connectivity index (χ2v) is 6.38. The normalized spacial score (nSPS) is 13.9. The number of hydrogen-bond acceptors (Lipinski definition) is 4. The van der Waals surface area contributed by atoms with Gasteiger partial charge in [0.1, 0.15) is 6.54 Å². The Labute approximate surface area is 150 Å². The van der Waals surface area contributed by atoms with Gasteiger partial charge in [-0.3, -0.25) is 14.2 Å². The van der Waals surface area contributed by atoms with Crippen LogP contribution in [0.25, 0.3) is 10.9 Å². The van der Waals surface area contributed by atoms with Crippen LogP contribution in [0.2, 0.25) is 0 Å². The quantitative estimate of drug-likeness (QED) is 0.731. The molecule has 0 saturated heterocycles. The van der Waals surface area contributed by atoms with Crippen molar-refractivity contribution in [2.24, 2.45) is 5.10 Å². The van der Waals surface area contributed by atoms with Crippen molar-refractivity contribution >= 4 is 22.5 Å². The predicted molar refractivity (Wildman–Crippen MR) is 100 cm³/mol. The lowest BCUT2D eigenvalue weighted by molar-refractivity contribution is -0.131. The molecule has 0 radical (unpaired) electrons. The summed E-state index contributed by atoms with van der Waals surface area (Å²) in [7, 11) is 0. The second kappa shape index (κ2) is 6.55. The molecule has 1 aliphatic rings.